The summed E-state index contributed by atoms with van der Waals surface area (Å²) in [5.74, 6) is -0.328. The fourth-order valence-corrected chi connectivity index (χ4v) is 2.49. The van der Waals surface area contributed by atoms with Gasteiger partial charge in [-0.2, -0.15) is 10.4 Å². The molecule has 0 saturated heterocycles. The van der Waals surface area contributed by atoms with E-state index >= 15 is 0 Å². The van der Waals surface area contributed by atoms with Gasteiger partial charge >= 0.3 is 0 Å². The second-order valence-corrected chi connectivity index (χ2v) is 5.72. The Morgan fingerprint density at radius 1 is 1.58 bits per heavy atom. The number of nitrogens with one attached hydrogen (secondary N) is 1. The normalized spacial score (nSPS) is 10.5. The van der Waals surface area contributed by atoms with Crippen LogP contribution in [-0.4, -0.2) is 30.8 Å². The van der Waals surface area contributed by atoms with Crippen molar-refractivity contribution in [2.45, 2.75) is 13.5 Å². The molecule has 0 fully saturated rings. The number of hydrazone groups is 1. The molecule has 124 valence electrons. The molecule has 0 aliphatic rings. The van der Waals surface area contributed by atoms with E-state index in [-0.39, 0.29) is 24.7 Å². The van der Waals surface area contributed by atoms with Crippen LogP contribution in [0.4, 0.5) is 0 Å². The summed E-state index contributed by atoms with van der Waals surface area (Å²) in [6, 6.07) is 7.55. The lowest BCUT2D eigenvalue weighted by Gasteiger charge is -2.10. The molecule has 0 aliphatic carbocycles. The lowest BCUT2D eigenvalue weighted by molar-refractivity contribution is -0.123. The number of nitriles is 1. The van der Waals surface area contributed by atoms with Crippen molar-refractivity contribution in [1.29, 1.82) is 5.26 Å². The van der Waals surface area contributed by atoms with E-state index in [2.05, 4.69) is 15.5 Å². The maximum atomic E-state index is 11.8. The monoisotopic (exact) mass is 344 g/mol. The zero-order valence-electron chi connectivity index (χ0n) is 13.3. The third-order valence-corrected chi connectivity index (χ3v) is 3.68. The number of hydrogen-bond acceptors (Lipinski definition) is 7. The number of amides is 1. The molecule has 0 saturated carbocycles. The van der Waals surface area contributed by atoms with E-state index in [0.717, 1.165) is 4.88 Å². The van der Waals surface area contributed by atoms with Crippen molar-refractivity contribution < 1.29 is 14.3 Å². The van der Waals surface area contributed by atoms with Crippen LogP contribution in [0.5, 0.6) is 5.88 Å². The van der Waals surface area contributed by atoms with Crippen LogP contribution in [0, 0.1) is 18.3 Å². The van der Waals surface area contributed by atoms with Crippen molar-refractivity contribution in [3.63, 3.8) is 0 Å². The number of methoxy groups -OCH3 is 1. The van der Waals surface area contributed by atoms with Gasteiger partial charge in [0.05, 0.1) is 12.8 Å². The van der Waals surface area contributed by atoms with Crippen molar-refractivity contribution in [1.82, 2.24) is 10.4 Å². The maximum Gasteiger partial charge on any atom is 0.278 e. The second-order valence-electron chi connectivity index (χ2n) is 4.75. The molecular formula is C16H16N4O3S. The van der Waals surface area contributed by atoms with Crippen molar-refractivity contribution in [3.05, 3.63) is 45.3 Å². The molecule has 0 radical (unpaired) electrons. The summed E-state index contributed by atoms with van der Waals surface area (Å²) < 4.78 is 10.4. The van der Waals surface area contributed by atoms with Crippen molar-refractivity contribution >= 4 is 23.5 Å². The van der Waals surface area contributed by atoms with Gasteiger partial charge in [-0.1, -0.05) is 6.07 Å². The summed E-state index contributed by atoms with van der Waals surface area (Å²) in [6.45, 7) is 1.75. The van der Waals surface area contributed by atoms with Crippen LogP contribution in [0.2, 0.25) is 0 Å². The molecule has 2 aromatic rings. The topological polar surface area (TPSA) is 96.6 Å². The minimum absolute atomic E-state index is 0.113. The lowest BCUT2D eigenvalue weighted by atomic mass is 10.1. The van der Waals surface area contributed by atoms with E-state index in [0.29, 0.717) is 11.3 Å². The van der Waals surface area contributed by atoms with Gasteiger partial charge in [0.2, 0.25) is 5.88 Å². The summed E-state index contributed by atoms with van der Waals surface area (Å²) >= 11 is 1.51. The minimum Gasteiger partial charge on any atom is -0.467 e. The quantitative estimate of drug-likeness (QED) is 0.612. The van der Waals surface area contributed by atoms with Gasteiger partial charge in [0.15, 0.2) is 6.61 Å². The number of ether oxygens (including phenoxy) is 2. The summed E-state index contributed by atoms with van der Waals surface area (Å²) in [7, 11) is 1.54. The highest BCUT2D eigenvalue weighted by Gasteiger charge is 2.14. The first-order chi connectivity index (χ1) is 11.6. The molecule has 2 aromatic heterocycles. The number of aryl methyl sites for hydroxylation is 1. The zero-order chi connectivity index (χ0) is 17.4. The SMILES string of the molecule is COCc1cc(C)nc(OCC(=O)NN=Cc2cccs2)c1C#N. The Labute approximate surface area is 143 Å². The molecule has 1 N–H and O–H groups in total. The number of carbonyl (C=O) groups is 1. The van der Waals surface area contributed by atoms with Crippen LogP contribution in [0.15, 0.2) is 28.7 Å². The number of carbonyl (C=O) groups excluding carboxylic acids is 1. The maximum absolute atomic E-state index is 11.8. The van der Waals surface area contributed by atoms with Crippen LogP contribution < -0.4 is 10.2 Å². The summed E-state index contributed by atoms with van der Waals surface area (Å²) in [5, 5.41) is 15.0. The highest BCUT2D eigenvalue weighted by molar-refractivity contribution is 7.11. The third kappa shape index (κ3) is 4.87. The van der Waals surface area contributed by atoms with Gasteiger partial charge in [0.1, 0.15) is 11.6 Å². The van der Waals surface area contributed by atoms with Crippen molar-refractivity contribution in [3.8, 4) is 11.9 Å². The molecule has 1 amide bonds. The van der Waals surface area contributed by atoms with Gasteiger partial charge in [0.25, 0.3) is 5.91 Å². The summed E-state index contributed by atoms with van der Waals surface area (Å²) in [4.78, 5) is 16.8. The molecule has 7 nitrogen and oxygen atoms in total. The summed E-state index contributed by atoms with van der Waals surface area (Å²) in [6.07, 6.45) is 1.55. The first-order valence-electron chi connectivity index (χ1n) is 7.01. The van der Waals surface area contributed by atoms with E-state index in [1.165, 1.54) is 18.4 Å². The Morgan fingerprint density at radius 3 is 3.08 bits per heavy atom. The fraction of sp³-hybridized carbons (Fsp3) is 0.250. The lowest BCUT2D eigenvalue weighted by Crippen LogP contribution is -2.25. The van der Waals surface area contributed by atoms with E-state index in [4.69, 9.17) is 9.47 Å². The van der Waals surface area contributed by atoms with Gasteiger partial charge in [-0.25, -0.2) is 10.4 Å². The Hall–Kier alpha value is -2.76. The molecule has 2 heterocycles. The fourth-order valence-electron chi connectivity index (χ4n) is 1.90. The molecule has 0 bridgehead atoms. The molecule has 8 heteroatoms. The average molecular weight is 344 g/mol. The standard InChI is InChI=1S/C16H16N4O3S/c1-11-6-12(9-22-2)14(7-17)16(19-11)23-10-15(21)20-18-8-13-4-3-5-24-13/h3-6,8H,9-10H2,1-2H3,(H,20,21). The van der Waals surface area contributed by atoms with E-state index in [9.17, 15) is 10.1 Å². The van der Waals surface area contributed by atoms with Crippen LogP contribution in [0.25, 0.3) is 0 Å². The molecule has 24 heavy (non-hydrogen) atoms. The molecule has 0 aromatic carbocycles. The zero-order valence-corrected chi connectivity index (χ0v) is 14.1. The second kappa shape index (κ2) is 8.76. The van der Waals surface area contributed by atoms with Crippen molar-refractivity contribution in [2.75, 3.05) is 13.7 Å². The predicted octanol–water partition coefficient (Wildman–Crippen LogP) is 2.00. The predicted molar refractivity (Wildman–Crippen MR) is 90.0 cm³/mol. The number of hydrogen-bond donors (Lipinski definition) is 1. The van der Waals surface area contributed by atoms with E-state index in [1.54, 1.807) is 19.2 Å². The molecular weight excluding hydrogens is 328 g/mol. The van der Waals surface area contributed by atoms with Crippen LogP contribution in [0.3, 0.4) is 0 Å². The number of nitrogens with zero attached hydrogens (tertiary/aromatic N) is 3. The van der Waals surface area contributed by atoms with E-state index in [1.807, 2.05) is 23.6 Å². The van der Waals surface area contributed by atoms with Gasteiger partial charge in [-0.3, -0.25) is 4.79 Å². The average Bonchev–Trinajstić information content (AvgIpc) is 3.06. The highest BCUT2D eigenvalue weighted by Crippen LogP contribution is 2.21. The first-order valence-corrected chi connectivity index (χ1v) is 7.89. The number of aromatic nitrogens is 1. The highest BCUT2D eigenvalue weighted by atomic mass is 32.1. The van der Waals surface area contributed by atoms with Crippen LogP contribution in [-0.2, 0) is 16.1 Å². The number of rotatable bonds is 7. The first kappa shape index (κ1) is 17.6. The Kier molecular flexibility index (Phi) is 6.42. The Morgan fingerprint density at radius 2 is 2.42 bits per heavy atom. The van der Waals surface area contributed by atoms with Gasteiger partial charge in [0, 0.05) is 23.2 Å². The smallest absolute Gasteiger partial charge is 0.278 e. The van der Waals surface area contributed by atoms with Gasteiger partial charge in [-0.05, 0) is 24.4 Å². The van der Waals surface area contributed by atoms with E-state index < -0.39 is 5.91 Å². The van der Waals surface area contributed by atoms with Gasteiger partial charge in [-0.15, -0.1) is 11.3 Å². The molecule has 0 atom stereocenters. The Bertz CT molecular complexity index is 766. The summed E-state index contributed by atoms with van der Waals surface area (Å²) in [5.41, 5.74) is 3.96. The largest absolute Gasteiger partial charge is 0.467 e. The molecule has 0 unspecified atom stereocenters. The molecule has 2 rings (SSSR count). The molecule has 0 spiro atoms. The third-order valence-electron chi connectivity index (χ3n) is 2.87. The van der Waals surface area contributed by atoms with Crippen molar-refractivity contribution in [2.24, 2.45) is 5.10 Å². The number of pyridine rings is 1. The van der Waals surface area contributed by atoms with Crippen LogP contribution >= 0.6 is 11.3 Å². The van der Waals surface area contributed by atoms with Crippen LogP contribution in [0.1, 0.15) is 21.7 Å². The minimum atomic E-state index is -0.441. The van der Waals surface area contributed by atoms with Gasteiger partial charge < -0.3 is 9.47 Å². The number of thiophene rings is 1. The molecule has 0 aliphatic heterocycles. The Balaban J connectivity index is 1.98.